The molecule has 1 aliphatic heterocycles. The minimum absolute atomic E-state index is 0.376. The first-order chi connectivity index (χ1) is 9.79. The first kappa shape index (κ1) is 16.1. The molecule has 0 amide bonds. The molecule has 118 valence electrons. The van der Waals surface area contributed by atoms with Crippen LogP contribution in [0.3, 0.4) is 0 Å². The lowest BCUT2D eigenvalue weighted by Gasteiger charge is -2.32. The lowest BCUT2D eigenvalue weighted by molar-refractivity contribution is -0.257. The second-order valence-electron chi connectivity index (χ2n) is 5.72. The molecular formula is C15H21F3N2O. The summed E-state index contributed by atoms with van der Waals surface area (Å²) in [6, 6.07) is 9.84. The highest BCUT2D eigenvalue weighted by molar-refractivity contribution is 5.46. The molecule has 1 fully saturated rings. The van der Waals surface area contributed by atoms with Gasteiger partial charge in [0.15, 0.2) is 5.60 Å². The van der Waals surface area contributed by atoms with Crippen LogP contribution in [0.15, 0.2) is 30.3 Å². The maximum absolute atomic E-state index is 12.7. The average Bonchev–Trinajstić information content (AvgIpc) is 2.63. The summed E-state index contributed by atoms with van der Waals surface area (Å²) in [6.07, 6.45) is -3.82. The fourth-order valence-electron chi connectivity index (χ4n) is 2.55. The quantitative estimate of drug-likeness (QED) is 0.929. The number of alkyl halides is 3. The van der Waals surface area contributed by atoms with E-state index in [0.717, 1.165) is 25.6 Å². The third-order valence-electron chi connectivity index (χ3n) is 3.85. The van der Waals surface area contributed by atoms with E-state index < -0.39 is 11.8 Å². The first-order valence-corrected chi connectivity index (χ1v) is 7.11. The van der Waals surface area contributed by atoms with Crippen molar-refractivity contribution in [2.24, 2.45) is 0 Å². The number of rotatable bonds is 3. The van der Waals surface area contributed by atoms with E-state index in [1.165, 1.54) is 0 Å². The van der Waals surface area contributed by atoms with Crippen molar-refractivity contribution in [1.29, 1.82) is 0 Å². The molecule has 1 heterocycles. The molecule has 1 aliphatic rings. The Labute approximate surface area is 123 Å². The zero-order valence-electron chi connectivity index (χ0n) is 12.1. The molecule has 0 radical (unpaired) electrons. The molecule has 1 N–H and O–H groups in total. The van der Waals surface area contributed by atoms with Crippen molar-refractivity contribution in [2.45, 2.75) is 25.1 Å². The highest BCUT2D eigenvalue weighted by Crippen LogP contribution is 2.31. The van der Waals surface area contributed by atoms with Gasteiger partial charge in [-0.1, -0.05) is 18.2 Å². The molecule has 1 atom stereocenters. The van der Waals surface area contributed by atoms with Crippen LogP contribution in [-0.4, -0.2) is 54.5 Å². The fraction of sp³-hybridized carbons (Fsp3) is 0.600. The molecule has 1 unspecified atom stereocenters. The largest absolute Gasteiger partial charge is 0.418 e. The monoisotopic (exact) mass is 302 g/mol. The molecule has 0 aliphatic carbocycles. The Morgan fingerprint density at radius 3 is 2.33 bits per heavy atom. The molecule has 0 spiro atoms. The average molecular weight is 302 g/mol. The van der Waals surface area contributed by atoms with Crippen molar-refractivity contribution >= 4 is 5.69 Å². The SMILES string of the molecule is CC(O)(CN1CCCN(c2ccccc2)CC1)C(F)(F)F. The van der Waals surface area contributed by atoms with Gasteiger partial charge in [-0.05, 0) is 25.5 Å². The summed E-state index contributed by atoms with van der Waals surface area (Å²) in [5.41, 5.74) is -1.57. The third-order valence-corrected chi connectivity index (χ3v) is 3.85. The lowest BCUT2D eigenvalue weighted by atomic mass is 10.1. The molecule has 0 aromatic heterocycles. The van der Waals surface area contributed by atoms with Crippen LogP contribution in [-0.2, 0) is 0 Å². The second kappa shape index (κ2) is 6.23. The molecule has 6 heteroatoms. The van der Waals surface area contributed by atoms with E-state index in [4.69, 9.17) is 0 Å². The molecule has 0 bridgehead atoms. The molecule has 1 saturated heterocycles. The highest BCUT2D eigenvalue weighted by atomic mass is 19.4. The zero-order valence-corrected chi connectivity index (χ0v) is 12.1. The summed E-state index contributed by atoms with van der Waals surface area (Å²) < 4.78 is 38.2. The fourth-order valence-corrected chi connectivity index (χ4v) is 2.55. The van der Waals surface area contributed by atoms with Gasteiger partial charge in [-0.2, -0.15) is 13.2 Å². The van der Waals surface area contributed by atoms with Gasteiger partial charge in [0.05, 0.1) is 0 Å². The van der Waals surface area contributed by atoms with Gasteiger partial charge in [0.2, 0.25) is 0 Å². The maximum atomic E-state index is 12.7. The second-order valence-corrected chi connectivity index (χ2v) is 5.72. The van der Waals surface area contributed by atoms with Crippen LogP contribution < -0.4 is 4.90 Å². The molecular weight excluding hydrogens is 281 g/mol. The summed E-state index contributed by atoms with van der Waals surface area (Å²) in [4.78, 5) is 3.86. The normalized spacial score (nSPS) is 20.9. The number of β-amino-alcohol motifs (C(OH)–C–C–N with tert-alkyl or cyclic N) is 1. The van der Waals surface area contributed by atoms with Crippen LogP contribution >= 0.6 is 0 Å². The molecule has 2 rings (SSSR count). The molecule has 1 aromatic rings. The minimum atomic E-state index is -4.60. The van der Waals surface area contributed by atoms with Crippen molar-refractivity contribution in [3.05, 3.63) is 30.3 Å². The minimum Gasteiger partial charge on any atom is -0.380 e. The molecule has 3 nitrogen and oxygen atoms in total. The van der Waals surface area contributed by atoms with E-state index >= 15 is 0 Å². The van der Waals surface area contributed by atoms with Gasteiger partial charge in [-0.25, -0.2) is 0 Å². The number of para-hydroxylation sites is 1. The van der Waals surface area contributed by atoms with Gasteiger partial charge < -0.3 is 10.0 Å². The van der Waals surface area contributed by atoms with Crippen LogP contribution in [0, 0.1) is 0 Å². The van der Waals surface area contributed by atoms with Gasteiger partial charge in [-0.15, -0.1) is 0 Å². The van der Waals surface area contributed by atoms with Gasteiger partial charge in [0, 0.05) is 38.4 Å². The number of nitrogens with zero attached hydrogens (tertiary/aromatic N) is 2. The van der Waals surface area contributed by atoms with Crippen molar-refractivity contribution in [1.82, 2.24) is 4.90 Å². The Morgan fingerprint density at radius 1 is 1.05 bits per heavy atom. The van der Waals surface area contributed by atoms with E-state index in [1.807, 2.05) is 30.3 Å². The van der Waals surface area contributed by atoms with Crippen LogP contribution in [0.25, 0.3) is 0 Å². The van der Waals surface area contributed by atoms with Gasteiger partial charge in [-0.3, -0.25) is 4.90 Å². The van der Waals surface area contributed by atoms with Crippen molar-refractivity contribution in [3.8, 4) is 0 Å². The van der Waals surface area contributed by atoms with Crippen LogP contribution in [0.2, 0.25) is 0 Å². The van der Waals surface area contributed by atoms with Crippen LogP contribution in [0.5, 0.6) is 0 Å². The number of benzene rings is 1. The summed E-state index contributed by atoms with van der Waals surface area (Å²) in [6.45, 7) is 3.02. The predicted octanol–water partition coefficient (Wildman–Crippen LogP) is 2.51. The number of aliphatic hydroxyl groups is 1. The van der Waals surface area contributed by atoms with Gasteiger partial charge in [0.25, 0.3) is 0 Å². The number of hydrogen-bond acceptors (Lipinski definition) is 3. The van der Waals surface area contributed by atoms with Crippen LogP contribution in [0.4, 0.5) is 18.9 Å². The Kier molecular flexibility index (Phi) is 4.78. The Bertz CT molecular complexity index is 448. The number of halogens is 3. The van der Waals surface area contributed by atoms with E-state index in [1.54, 1.807) is 4.90 Å². The van der Waals surface area contributed by atoms with E-state index in [0.29, 0.717) is 19.6 Å². The summed E-state index contributed by atoms with van der Waals surface area (Å²) >= 11 is 0. The first-order valence-electron chi connectivity index (χ1n) is 7.11. The van der Waals surface area contributed by atoms with Crippen molar-refractivity contribution in [3.63, 3.8) is 0 Å². The summed E-state index contributed by atoms with van der Waals surface area (Å²) in [5.74, 6) is 0. The van der Waals surface area contributed by atoms with Crippen LogP contribution in [0.1, 0.15) is 13.3 Å². The lowest BCUT2D eigenvalue weighted by Crippen LogP contribution is -2.52. The summed E-state index contributed by atoms with van der Waals surface area (Å²) in [5, 5.41) is 9.60. The van der Waals surface area contributed by atoms with Gasteiger partial charge >= 0.3 is 6.18 Å². The van der Waals surface area contributed by atoms with Gasteiger partial charge in [0.1, 0.15) is 0 Å². The molecule has 0 saturated carbocycles. The number of anilines is 1. The highest BCUT2D eigenvalue weighted by Gasteiger charge is 2.50. The van der Waals surface area contributed by atoms with E-state index in [9.17, 15) is 18.3 Å². The standard InChI is InChI=1S/C15H21F3N2O/c1-14(21,15(16,17)18)12-19-8-5-9-20(11-10-19)13-6-3-2-4-7-13/h2-4,6-7,21H,5,8-12H2,1H3. The topological polar surface area (TPSA) is 26.7 Å². The molecule has 21 heavy (non-hydrogen) atoms. The maximum Gasteiger partial charge on any atom is 0.418 e. The van der Waals surface area contributed by atoms with Crippen molar-refractivity contribution < 1.29 is 18.3 Å². The molecule has 1 aromatic carbocycles. The number of hydrogen-bond donors (Lipinski definition) is 1. The summed E-state index contributed by atoms with van der Waals surface area (Å²) in [7, 11) is 0. The third kappa shape index (κ3) is 4.11. The van der Waals surface area contributed by atoms with Crippen molar-refractivity contribution in [2.75, 3.05) is 37.6 Å². The Balaban J connectivity index is 1.95. The Hall–Kier alpha value is -1.27. The smallest absolute Gasteiger partial charge is 0.380 e. The van der Waals surface area contributed by atoms with E-state index in [-0.39, 0.29) is 6.54 Å². The zero-order chi connectivity index (χ0) is 15.5. The Morgan fingerprint density at radius 2 is 1.71 bits per heavy atom. The predicted molar refractivity (Wildman–Crippen MR) is 76.4 cm³/mol. The van der Waals surface area contributed by atoms with E-state index in [2.05, 4.69) is 4.90 Å².